The van der Waals surface area contributed by atoms with E-state index in [1.54, 1.807) is 25.3 Å². The van der Waals surface area contributed by atoms with Gasteiger partial charge in [-0.3, -0.25) is 0 Å². The predicted octanol–water partition coefficient (Wildman–Crippen LogP) is 3.85. The van der Waals surface area contributed by atoms with Gasteiger partial charge in [0.15, 0.2) is 11.6 Å². The SMILES string of the molecule is COc1ccc2c(ccn2Cc2cccc(OC)c2F)c1. The van der Waals surface area contributed by atoms with Crippen LogP contribution < -0.4 is 9.47 Å². The molecular weight excluding hydrogens is 269 g/mol. The molecular formula is C17H16FNO2. The van der Waals surface area contributed by atoms with E-state index in [0.29, 0.717) is 12.1 Å². The first-order chi connectivity index (χ1) is 10.2. The molecule has 0 saturated carbocycles. The van der Waals surface area contributed by atoms with Gasteiger partial charge in [0, 0.05) is 22.7 Å². The number of ether oxygens (including phenoxy) is 2. The van der Waals surface area contributed by atoms with E-state index in [2.05, 4.69) is 0 Å². The van der Waals surface area contributed by atoms with Crippen molar-refractivity contribution in [2.24, 2.45) is 0 Å². The van der Waals surface area contributed by atoms with Gasteiger partial charge in [-0.25, -0.2) is 4.39 Å². The van der Waals surface area contributed by atoms with Gasteiger partial charge in [-0.2, -0.15) is 0 Å². The Morgan fingerprint density at radius 3 is 2.67 bits per heavy atom. The van der Waals surface area contributed by atoms with Crippen molar-refractivity contribution in [3.05, 3.63) is 60.0 Å². The van der Waals surface area contributed by atoms with Gasteiger partial charge in [-0.05, 0) is 30.3 Å². The topological polar surface area (TPSA) is 23.4 Å². The second-order valence-corrected chi connectivity index (χ2v) is 4.80. The number of benzene rings is 2. The molecule has 3 nitrogen and oxygen atoms in total. The van der Waals surface area contributed by atoms with Gasteiger partial charge in [0.1, 0.15) is 5.75 Å². The molecule has 0 aliphatic carbocycles. The third-order valence-corrected chi connectivity index (χ3v) is 3.58. The first-order valence-electron chi connectivity index (χ1n) is 6.67. The van der Waals surface area contributed by atoms with Crippen molar-refractivity contribution in [3.63, 3.8) is 0 Å². The fraction of sp³-hybridized carbons (Fsp3) is 0.176. The summed E-state index contributed by atoms with van der Waals surface area (Å²) in [6.45, 7) is 0.457. The van der Waals surface area contributed by atoms with Gasteiger partial charge < -0.3 is 14.0 Å². The molecule has 0 radical (unpaired) electrons. The van der Waals surface area contributed by atoms with Gasteiger partial charge in [-0.1, -0.05) is 12.1 Å². The molecule has 2 aromatic carbocycles. The first kappa shape index (κ1) is 13.5. The van der Waals surface area contributed by atoms with E-state index < -0.39 is 0 Å². The summed E-state index contributed by atoms with van der Waals surface area (Å²) in [7, 11) is 3.11. The van der Waals surface area contributed by atoms with Crippen LogP contribution in [0.1, 0.15) is 5.56 Å². The van der Waals surface area contributed by atoms with E-state index in [4.69, 9.17) is 9.47 Å². The summed E-state index contributed by atoms with van der Waals surface area (Å²) >= 11 is 0. The molecule has 3 rings (SSSR count). The second kappa shape index (κ2) is 5.48. The van der Waals surface area contributed by atoms with Crippen molar-refractivity contribution < 1.29 is 13.9 Å². The highest BCUT2D eigenvalue weighted by molar-refractivity contribution is 5.81. The minimum Gasteiger partial charge on any atom is -0.497 e. The van der Waals surface area contributed by atoms with Gasteiger partial charge in [0.25, 0.3) is 0 Å². The van der Waals surface area contributed by atoms with Crippen molar-refractivity contribution in [1.82, 2.24) is 4.57 Å². The molecule has 0 saturated heterocycles. The molecule has 0 N–H and O–H groups in total. The molecule has 4 heteroatoms. The van der Waals surface area contributed by atoms with Crippen LogP contribution in [0.25, 0.3) is 10.9 Å². The standard InChI is InChI=1S/C17H16FNO2/c1-20-14-6-7-15-12(10-14)8-9-19(15)11-13-4-3-5-16(21-2)17(13)18/h3-10H,11H2,1-2H3. The van der Waals surface area contributed by atoms with Gasteiger partial charge in [-0.15, -0.1) is 0 Å². The lowest BCUT2D eigenvalue weighted by molar-refractivity contribution is 0.383. The highest BCUT2D eigenvalue weighted by Gasteiger charge is 2.10. The molecule has 1 heterocycles. The number of fused-ring (bicyclic) bond motifs is 1. The van der Waals surface area contributed by atoms with E-state index in [1.165, 1.54) is 7.11 Å². The molecule has 0 atom stereocenters. The van der Waals surface area contributed by atoms with Crippen molar-refractivity contribution in [3.8, 4) is 11.5 Å². The fourth-order valence-electron chi connectivity index (χ4n) is 2.46. The molecule has 3 aromatic rings. The Hall–Kier alpha value is -2.49. The zero-order valence-corrected chi connectivity index (χ0v) is 12.0. The van der Waals surface area contributed by atoms with Crippen LogP contribution in [0.5, 0.6) is 11.5 Å². The normalized spacial score (nSPS) is 10.8. The maximum Gasteiger partial charge on any atom is 0.170 e. The number of methoxy groups -OCH3 is 2. The number of halogens is 1. The summed E-state index contributed by atoms with van der Waals surface area (Å²) in [5, 5.41) is 1.07. The zero-order valence-electron chi connectivity index (χ0n) is 12.0. The smallest absolute Gasteiger partial charge is 0.170 e. The van der Waals surface area contributed by atoms with Crippen LogP contribution in [0.2, 0.25) is 0 Å². The van der Waals surface area contributed by atoms with Gasteiger partial charge >= 0.3 is 0 Å². The lowest BCUT2D eigenvalue weighted by Crippen LogP contribution is -2.02. The highest BCUT2D eigenvalue weighted by Crippen LogP contribution is 2.25. The lowest BCUT2D eigenvalue weighted by Gasteiger charge is -2.10. The van der Waals surface area contributed by atoms with Crippen molar-refractivity contribution >= 4 is 10.9 Å². The van der Waals surface area contributed by atoms with Crippen LogP contribution in [-0.4, -0.2) is 18.8 Å². The number of aromatic nitrogens is 1. The Labute approximate surface area is 122 Å². The monoisotopic (exact) mass is 285 g/mol. The van der Waals surface area contributed by atoms with E-state index in [9.17, 15) is 4.39 Å². The first-order valence-corrected chi connectivity index (χ1v) is 6.67. The molecule has 0 aliphatic rings. The Kier molecular flexibility index (Phi) is 3.52. The molecule has 0 spiro atoms. The number of rotatable bonds is 4. The van der Waals surface area contributed by atoms with E-state index in [-0.39, 0.29) is 11.6 Å². The molecule has 0 amide bonds. The largest absolute Gasteiger partial charge is 0.497 e. The molecule has 108 valence electrons. The van der Waals surface area contributed by atoms with E-state index >= 15 is 0 Å². The molecule has 21 heavy (non-hydrogen) atoms. The molecule has 0 unspecified atom stereocenters. The van der Waals surface area contributed by atoms with Crippen molar-refractivity contribution in [2.45, 2.75) is 6.54 Å². The number of hydrogen-bond acceptors (Lipinski definition) is 2. The van der Waals surface area contributed by atoms with Crippen molar-refractivity contribution in [1.29, 1.82) is 0 Å². The summed E-state index contributed by atoms with van der Waals surface area (Å²) in [6, 6.07) is 13.0. The lowest BCUT2D eigenvalue weighted by atomic mass is 10.2. The number of nitrogens with zero attached hydrogens (tertiary/aromatic N) is 1. The predicted molar refractivity (Wildman–Crippen MR) is 80.5 cm³/mol. The molecule has 0 aliphatic heterocycles. The number of hydrogen-bond donors (Lipinski definition) is 0. The zero-order chi connectivity index (χ0) is 14.8. The minimum atomic E-state index is -0.310. The Balaban J connectivity index is 1.99. The minimum absolute atomic E-state index is 0.269. The summed E-state index contributed by atoms with van der Waals surface area (Å²) in [4.78, 5) is 0. The van der Waals surface area contributed by atoms with Gasteiger partial charge in [0.05, 0.1) is 20.8 Å². The molecule has 1 aromatic heterocycles. The third kappa shape index (κ3) is 2.44. The fourth-order valence-corrected chi connectivity index (χ4v) is 2.46. The van der Waals surface area contributed by atoms with Gasteiger partial charge in [0.2, 0.25) is 0 Å². The van der Waals surface area contributed by atoms with Crippen LogP contribution in [0.4, 0.5) is 4.39 Å². The van der Waals surface area contributed by atoms with Crippen LogP contribution in [0.15, 0.2) is 48.7 Å². The average Bonchev–Trinajstić information content (AvgIpc) is 2.91. The van der Waals surface area contributed by atoms with E-state index in [1.807, 2.05) is 35.0 Å². The van der Waals surface area contributed by atoms with Crippen LogP contribution in [0.3, 0.4) is 0 Å². The highest BCUT2D eigenvalue weighted by atomic mass is 19.1. The molecule has 0 bridgehead atoms. The Morgan fingerprint density at radius 2 is 1.90 bits per heavy atom. The second-order valence-electron chi connectivity index (χ2n) is 4.80. The maximum atomic E-state index is 14.2. The molecule has 0 fully saturated rings. The van der Waals surface area contributed by atoms with Crippen LogP contribution >= 0.6 is 0 Å². The van der Waals surface area contributed by atoms with Crippen LogP contribution in [-0.2, 0) is 6.54 Å². The summed E-state index contributed by atoms with van der Waals surface area (Å²) in [5.74, 6) is 0.772. The summed E-state index contributed by atoms with van der Waals surface area (Å²) < 4.78 is 26.5. The maximum absolute atomic E-state index is 14.2. The van der Waals surface area contributed by atoms with Crippen LogP contribution in [0, 0.1) is 5.82 Å². The third-order valence-electron chi connectivity index (χ3n) is 3.58. The van der Waals surface area contributed by atoms with E-state index in [0.717, 1.165) is 16.7 Å². The average molecular weight is 285 g/mol. The Morgan fingerprint density at radius 1 is 1.05 bits per heavy atom. The quantitative estimate of drug-likeness (QED) is 0.727. The summed E-state index contributed by atoms with van der Waals surface area (Å²) in [5.41, 5.74) is 1.64. The van der Waals surface area contributed by atoms with Crippen molar-refractivity contribution in [2.75, 3.05) is 14.2 Å². The summed E-state index contributed by atoms with van der Waals surface area (Å²) in [6.07, 6.45) is 1.95. The Bertz CT molecular complexity index is 780.